The summed E-state index contributed by atoms with van der Waals surface area (Å²) < 4.78 is 0. The van der Waals surface area contributed by atoms with E-state index in [9.17, 15) is 9.90 Å². The lowest BCUT2D eigenvalue weighted by Gasteiger charge is -2.61. The molecule has 2 atom stereocenters. The zero-order chi connectivity index (χ0) is 18.5. The summed E-state index contributed by atoms with van der Waals surface area (Å²) in [5.74, 6) is 0.256. The highest BCUT2D eigenvalue weighted by Crippen LogP contribution is 2.39. The molecule has 142 valence electrons. The molecule has 0 aromatic heterocycles. The zero-order valence-electron chi connectivity index (χ0n) is 15.6. The van der Waals surface area contributed by atoms with Crippen LogP contribution in [0.5, 0.6) is 0 Å². The summed E-state index contributed by atoms with van der Waals surface area (Å²) in [4.78, 5) is 19.6. The summed E-state index contributed by atoms with van der Waals surface area (Å²) in [6.45, 7) is 8.95. The van der Waals surface area contributed by atoms with Crippen molar-refractivity contribution in [2.45, 2.75) is 44.5 Å². The third-order valence-electron chi connectivity index (χ3n) is 6.05. The van der Waals surface area contributed by atoms with Crippen LogP contribution >= 0.6 is 11.6 Å². The fourth-order valence-corrected chi connectivity index (χ4v) is 5.23. The van der Waals surface area contributed by atoms with Gasteiger partial charge in [0, 0.05) is 56.3 Å². The molecule has 3 saturated heterocycles. The first kappa shape index (κ1) is 18.2. The molecule has 0 unspecified atom stereocenters. The van der Waals surface area contributed by atoms with Gasteiger partial charge in [0.1, 0.15) is 0 Å². The molecule has 4 rings (SSSR count). The number of aliphatic hydroxyl groups excluding tert-OH is 1. The molecule has 0 aliphatic carbocycles. The largest absolute Gasteiger partial charge is 0.392 e. The molecule has 1 N–H and O–H groups in total. The Morgan fingerprint density at radius 3 is 2.77 bits per heavy atom. The number of benzene rings is 1. The molecule has 1 aromatic carbocycles. The van der Waals surface area contributed by atoms with Crippen molar-refractivity contribution in [3.8, 4) is 0 Å². The quantitative estimate of drug-likeness (QED) is 0.873. The van der Waals surface area contributed by atoms with Gasteiger partial charge in [-0.05, 0) is 24.1 Å². The van der Waals surface area contributed by atoms with Crippen LogP contribution in [0, 0.1) is 5.92 Å². The Bertz CT molecular complexity index is 689. The van der Waals surface area contributed by atoms with Gasteiger partial charge < -0.3 is 10.0 Å². The highest BCUT2D eigenvalue weighted by Gasteiger charge is 2.56. The molecule has 0 radical (unpaired) electrons. The van der Waals surface area contributed by atoms with Crippen LogP contribution in [0.15, 0.2) is 24.3 Å². The topological polar surface area (TPSA) is 47.0 Å². The molecule has 6 heteroatoms. The standard InChI is InChI=1S/C20H28ClN3O2/c1-14(2)19(26)23-9-17-7-18(25)10-24(17)20(13-23)11-22(12-20)8-15-4-3-5-16(21)6-15/h3-6,14,17-18,25H,7-13H2,1-2H3/t17-,18+/m0/s1. The van der Waals surface area contributed by atoms with E-state index < -0.39 is 0 Å². The molecular formula is C20H28ClN3O2. The molecule has 3 aliphatic heterocycles. The van der Waals surface area contributed by atoms with Gasteiger partial charge in [-0.3, -0.25) is 14.6 Å². The lowest BCUT2D eigenvalue weighted by Crippen LogP contribution is -2.78. The highest BCUT2D eigenvalue weighted by atomic mass is 35.5. The van der Waals surface area contributed by atoms with Crippen molar-refractivity contribution in [2.24, 2.45) is 5.92 Å². The second-order valence-corrected chi connectivity index (χ2v) is 9.01. The van der Waals surface area contributed by atoms with Crippen LogP contribution in [0.25, 0.3) is 0 Å². The molecular weight excluding hydrogens is 350 g/mol. The number of hydrogen-bond acceptors (Lipinski definition) is 4. The summed E-state index contributed by atoms with van der Waals surface area (Å²) in [6, 6.07) is 8.30. The van der Waals surface area contributed by atoms with Gasteiger partial charge in [-0.25, -0.2) is 0 Å². The van der Waals surface area contributed by atoms with Gasteiger partial charge in [-0.1, -0.05) is 37.6 Å². The second-order valence-electron chi connectivity index (χ2n) is 8.57. The zero-order valence-corrected chi connectivity index (χ0v) is 16.3. The normalized spacial score (nSPS) is 28.4. The average molecular weight is 378 g/mol. The van der Waals surface area contributed by atoms with Gasteiger partial charge in [-0.2, -0.15) is 0 Å². The summed E-state index contributed by atoms with van der Waals surface area (Å²) >= 11 is 6.11. The summed E-state index contributed by atoms with van der Waals surface area (Å²) in [6.07, 6.45) is 0.505. The second kappa shape index (κ2) is 6.79. The lowest BCUT2D eigenvalue weighted by atomic mass is 9.83. The molecule has 26 heavy (non-hydrogen) atoms. The maximum atomic E-state index is 12.6. The van der Waals surface area contributed by atoms with Crippen molar-refractivity contribution in [1.82, 2.24) is 14.7 Å². The number of rotatable bonds is 3. The first-order valence-corrected chi connectivity index (χ1v) is 9.94. The number of aliphatic hydroxyl groups is 1. The van der Waals surface area contributed by atoms with E-state index in [0.29, 0.717) is 0 Å². The Labute approximate surface area is 160 Å². The van der Waals surface area contributed by atoms with Crippen molar-refractivity contribution in [2.75, 3.05) is 32.7 Å². The predicted molar refractivity (Wildman–Crippen MR) is 102 cm³/mol. The van der Waals surface area contributed by atoms with Gasteiger partial charge >= 0.3 is 0 Å². The van der Waals surface area contributed by atoms with Crippen LogP contribution in [0.2, 0.25) is 5.02 Å². The van der Waals surface area contributed by atoms with E-state index in [-0.39, 0.29) is 29.5 Å². The number of amides is 1. The number of hydrogen-bond donors (Lipinski definition) is 1. The minimum absolute atomic E-state index is 0.0104. The number of β-amino-alcohol motifs (C(OH)–C–C–N with tert-alkyl or cyclic N) is 1. The van der Waals surface area contributed by atoms with Crippen LogP contribution in [0.1, 0.15) is 25.8 Å². The predicted octanol–water partition coefficient (Wildman–Crippen LogP) is 1.83. The molecule has 3 fully saturated rings. The van der Waals surface area contributed by atoms with E-state index in [1.54, 1.807) is 0 Å². The van der Waals surface area contributed by atoms with Gasteiger partial charge in [0.15, 0.2) is 0 Å². The third kappa shape index (κ3) is 3.26. The van der Waals surface area contributed by atoms with Crippen molar-refractivity contribution in [3.63, 3.8) is 0 Å². The number of likely N-dealkylation sites (tertiary alicyclic amines) is 1. The molecule has 1 amide bonds. The fraction of sp³-hybridized carbons (Fsp3) is 0.650. The fourth-order valence-electron chi connectivity index (χ4n) is 5.02. The minimum atomic E-state index is -0.270. The van der Waals surface area contributed by atoms with E-state index in [0.717, 1.165) is 50.7 Å². The molecule has 0 saturated carbocycles. The average Bonchev–Trinajstić information content (AvgIpc) is 2.93. The Morgan fingerprint density at radius 1 is 1.31 bits per heavy atom. The van der Waals surface area contributed by atoms with Gasteiger partial charge in [-0.15, -0.1) is 0 Å². The van der Waals surface area contributed by atoms with Crippen molar-refractivity contribution in [3.05, 3.63) is 34.9 Å². The minimum Gasteiger partial charge on any atom is -0.392 e. The number of nitrogens with zero attached hydrogens (tertiary/aromatic N) is 3. The molecule has 3 heterocycles. The van der Waals surface area contributed by atoms with Crippen LogP contribution in [0.3, 0.4) is 0 Å². The highest BCUT2D eigenvalue weighted by molar-refractivity contribution is 6.30. The maximum absolute atomic E-state index is 12.6. The van der Waals surface area contributed by atoms with Crippen molar-refractivity contribution < 1.29 is 9.90 Å². The Hall–Kier alpha value is -1.14. The van der Waals surface area contributed by atoms with Crippen molar-refractivity contribution >= 4 is 17.5 Å². The molecule has 1 spiro atoms. The summed E-state index contributed by atoms with van der Waals surface area (Å²) in [5.41, 5.74) is 1.21. The first-order valence-electron chi connectivity index (χ1n) is 9.57. The number of piperazine rings is 1. The van der Waals surface area contributed by atoms with Gasteiger partial charge in [0.05, 0.1) is 11.6 Å². The summed E-state index contributed by atoms with van der Waals surface area (Å²) in [5, 5.41) is 11.0. The lowest BCUT2D eigenvalue weighted by molar-refractivity contribution is -0.153. The third-order valence-corrected chi connectivity index (χ3v) is 6.29. The van der Waals surface area contributed by atoms with Gasteiger partial charge in [0.25, 0.3) is 0 Å². The van der Waals surface area contributed by atoms with Gasteiger partial charge in [0.2, 0.25) is 5.91 Å². The number of halogens is 1. The van der Waals surface area contributed by atoms with E-state index in [1.807, 2.05) is 36.9 Å². The SMILES string of the molecule is CC(C)C(=O)N1C[C@@H]2C[C@@H](O)CN2C2(CN(Cc3cccc(Cl)c3)C2)C1. The van der Waals surface area contributed by atoms with E-state index in [4.69, 9.17) is 11.6 Å². The van der Waals surface area contributed by atoms with Crippen LogP contribution < -0.4 is 0 Å². The number of carbonyl (C=O) groups is 1. The van der Waals surface area contributed by atoms with Crippen molar-refractivity contribution in [1.29, 1.82) is 0 Å². The molecule has 1 aromatic rings. The Balaban J connectivity index is 1.48. The smallest absolute Gasteiger partial charge is 0.225 e. The Kier molecular flexibility index (Phi) is 4.76. The summed E-state index contributed by atoms with van der Waals surface area (Å²) in [7, 11) is 0. The Morgan fingerprint density at radius 2 is 2.08 bits per heavy atom. The number of fused-ring (bicyclic) bond motifs is 2. The molecule has 5 nitrogen and oxygen atoms in total. The van der Waals surface area contributed by atoms with Crippen LogP contribution in [-0.4, -0.2) is 76.1 Å². The van der Waals surface area contributed by atoms with E-state index in [1.165, 1.54) is 5.56 Å². The van der Waals surface area contributed by atoms with E-state index >= 15 is 0 Å². The van der Waals surface area contributed by atoms with E-state index in [2.05, 4.69) is 15.9 Å². The molecule has 0 bridgehead atoms. The van der Waals surface area contributed by atoms with Crippen LogP contribution in [0.4, 0.5) is 0 Å². The monoisotopic (exact) mass is 377 g/mol. The van der Waals surface area contributed by atoms with Crippen LogP contribution in [-0.2, 0) is 11.3 Å². The number of carbonyl (C=O) groups excluding carboxylic acids is 1. The maximum Gasteiger partial charge on any atom is 0.225 e. The first-order chi connectivity index (χ1) is 12.4. The molecule has 3 aliphatic rings.